The molecule has 0 atom stereocenters. The van der Waals surface area contributed by atoms with Gasteiger partial charge in [0.05, 0.1) is 18.7 Å². The Hall–Kier alpha value is -2.27. The van der Waals surface area contributed by atoms with Crippen LogP contribution in [0, 0.1) is 13.8 Å². The molecular weight excluding hydrogens is 326 g/mol. The van der Waals surface area contributed by atoms with Gasteiger partial charge in [-0.25, -0.2) is 0 Å². The fourth-order valence-corrected chi connectivity index (χ4v) is 3.60. The van der Waals surface area contributed by atoms with Crippen molar-refractivity contribution in [1.82, 2.24) is 14.6 Å². The summed E-state index contributed by atoms with van der Waals surface area (Å²) in [5, 5.41) is 5.78. The van der Waals surface area contributed by atoms with Crippen LogP contribution in [-0.2, 0) is 24.3 Å². The van der Waals surface area contributed by atoms with Gasteiger partial charge in [-0.3, -0.25) is 4.79 Å². The Labute approximate surface area is 144 Å². The maximum absolute atomic E-state index is 12.7. The number of halogens is 1. The van der Waals surface area contributed by atoms with Crippen molar-refractivity contribution in [2.75, 3.05) is 6.54 Å². The summed E-state index contributed by atoms with van der Waals surface area (Å²) in [5.74, 6) is 0.834. The summed E-state index contributed by atoms with van der Waals surface area (Å²) >= 11 is 6.08. The van der Waals surface area contributed by atoms with Gasteiger partial charge in [0.15, 0.2) is 0 Å². The topological polar surface area (TPSA) is 51.3 Å². The van der Waals surface area contributed by atoms with E-state index in [1.165, 1.54) is 5.52 Å². The molecule has 24 heavy (non-hydrogen) atoms. The predicted molar refractivity (Wildman–Crippen MR) is 92.0 cm³/mol. The molecule has 0 bridgehead atoms. The highest BCUT2D eigenvalue weighted by Crippen LogP contribution is 2.27. The normalized spacial score (nSPS) is 14.2. The number of amides is 1. The zero-order valence-electron chi connectivity index (χ0n) is 13.7. The van der Waals surface area contributed by atoms with Gasteiger partial charge in [-0.1, -0.05) is 16.8 Å². The molecule has 0 unspecified atom stereocenters. The van der Waals surface area contributed by atoms with Crippen molar-refractivity contribution in [2.24, 2.45) is 0 Å². The number of carbonyl (C=O) groups is 1. The van der Waals surface area contributed by atoms with Crippen LogP contribution < -0.4 is 0 Å². The van der Waals surface area contributed by atoms with Gasteiger partial charge in [0.1, 0.15) is 5.76 Å². The molecule has 5 nitrogen and oxygen atoms in total. The third-order valence-electron chi connectivity index (χ3n) is 4.76. The zero-order chi connectivity index (χ0) is 16.8. The molecule has 0 aliphatic carbocycles. The van der Waals surface area contributed by atoms with Crippen LogP contribution in [0.25, 0.3) is 10.9 Å². The van der Waals surface area contributed by atoms with Crippen LogP contribution in [-0.4, -0.2) is 27.1 Å². The molecule has 0 N–H and O–H groups in total. The minimum absolute atomic E-state index is 0.110. The van der Waals surface area contributed by atoms with E-state index in [0.29, 0.717) is 19.5 Å². The van der Waals surface area contributed by atoms with Crippen molar-refractivity contribution >= 4 is 28.4 Å². The number of aromatic nitrogens is 2. The van der Waals surface area contributed by atoms with E-state index in [-0.39, 0.29) is 5.91 Å². The molecule has 1 aliphatic rings. The number of aryl methyl sites for hydroxylation is 2. The number of carbonyl (C=O) groups excluding carboxylic acids is 1. The molecular formula is C18H18ClN3O2. The Balaban J connectivity index is 1.58. The summed E-state index contributed by atoms with van der Waals surface area (Å²) in [6.07, 6.45) is 0.340. The fraction of sp³-hybridized carbons (Fsp3) is 0.333. The lowest BCUT2D eigenvalue weighted by Gasteiger charge is -2.29. The van der Waals surface area contributed by atoms with Crippen LogP contribution >= 0.6 is 11.6 Å². The van der Waals surface area contributed by atoms with E-state index < -0.39 is 0 Å². The third kappa shape index (κ3) is 2.49. The van der Waals surface area contributed by atoms with Crippen LogP contribution in [0.3, 0.4) is 0 Å². The number of nitrogens with zero attached hydrogens (tertiary/aromatic N) is 3. The van der Waals surface area contributed by atoms with E-state index in [2.05, 4.69) is 15.8 Å². The zero-order valence-corrected chi connectivity index (χ0v) is 14.4. The van der Waals surface area contributed by atoms with Crippen LogP contribution in [0.15, 0.2) is 28.8 Å². The molecule has 0 spiro atoms. The SMILES string of the molecule is Cc1noc(C)c1CC(=O)N1CCn2c(cc3cc(Cl)ccc32)C1. The number of hydrogen-bond donors (Lipinski definition) is 0. The van der Waals surface area contributed by atoms with Gasteiger partial charge in [-0.15, -0.1) is 0 Å². The molecule has 2 aromatic heterocycles. The summed E-state index contributed by atoms with van der Waals surface area (Å²) in [5.41, 5.74) is 4.01. The van der Waals surface area contributed by atoms with E-state index in [0.717, 1.165) is 39.7 Å². The van der Waals surface area contributed by atoms with Crippen molar-refractivity contribution in [2.45, 2.75) is 33.4 Å². The minimum atomic E-state index is 0.110. The Bertz CT molecular complexity index is 922. The smallest absolute Gasteiger partial charge is 0.227 e. The number of benzene rings is 1. The number of fused-ring (bicyclic) bond motifs is 3. The maximum atomic E-state index is 12.7. The van der Waals surface area contributed by atoms with Gasteiger partial charge in [0.25, 0.3) is 0 Å². The molecule has 6 heteroatoms. The second-order valence-corrected chi connectivity index (χ2v) is 6.72. The Morgan fingerprint density at radius 3 is 2.88 bits per heavy atom. The summed E-state index contributed by atoms with van der Waals surface area (Å²) in [6, 6.07) is 8.05. The van der Waals surface area contributed by atoms with Gasteiger partial charge in [-0.2, -0.15) is 0 Å². The van der Waals surface area contributed by atoms with E-state index >= 15 is 0 Å². The molecule has 0 fully saturated rings. The first-order valence-corrected chi connectivity index (χ1v) is 8.38. The van der Waals surface area contributed by atoms with Crippen LogP contribution in [0.4, 0.5) is 0 Å². The Kier molecular flexibility index (Phi) is 3.61. The number of rotatable bonds is 2. The second-order valence-electron chi connectivity index (χ2n) is 6.29. The van der Waals surface area contributed by atoms with E-state index in [4.69, 9.17) is 16.1 Å². The predicted octanol–water partition coefficient (Wildman–Crippen LogP) is 3.48. The standard InChI is InChI=1S/C18H18ClN3O2/c1-11-16(12(2)24-20-11)9-18(23)21-5-6-22-15(10-21)8-13-7-14(19)3-4-17(13)22/h3-4,7-8H,5-6,9-10H2,1-2H3. The van der Waals surface area contributed by atoms with Gasteiger partial charge in [-0.05, 0) is 38.1 Å². The van der Waals surface area contributed by atoms with E-state index in [1.807, 2.05) is 36.9 Å². The van der Waals surface area contributed by atoms with Crippen molar-refractivity contribution in [1.29, 1.82) is 0 Å². The average molecular weight is 344 g/mol. The summed E-state index contributed by atoms with van der Waals surface area (Å²) in [7, 11) is 0. The molecule has 0 radical (unpaired) electrons. The fourth-order valence-electron chi connectivity index (χ4n) is 3.42. The van der Waals surface area contributed by atoms with Crippen molar-refractivity contribution in [3.05, 3.63) is 52.0 Å². The third-order valence-corrected chi connectivity index (χ3v) is 4.99. The number of hydrogen-bond acceptors (Lipinski definition) is 3. The monoisotopic (exact) mass is 343 g/mol. The van der Waals surface area contributed by atoms with Crippen LogP contribution in [0.5, 0.6) is 0 Å². The van der Waals surface area contributed by atoms with Crippen LogP contribution in [0.2, 0.25) is 5.02 Å². The highest BCUT2D eigenvalue weighted by atomic mass is 35.5. The first kappa shape index (κ1) is 15.3. The summed E-state index contributed by atoms with van der Waals surface area (Å²) < 4.78 is 7.42. The summed E-state index contributed by atoms with van der Waals surface area (Å²) in [6.45, 7) is 5.85. The lowest BCUT2D eigenvalue weighted by molar-refractivity contribution is -0.131. The van der Waals surface area contributed by atoms with Crippen molar-refractivity contribution < 1.29 is 9.32 Å². The highest BCUT2D eigenvalue weighted by Gasteiger charge is 2.24. The van der Waals surface area contributed by atoms with Gasteiger partial charge < -0.3 is 14.0 Å². The van der Waals surface area contributed by atoms with E-state index in [1.54, 1.807) is 0 Å². The summed E-state index contributed by atoms with van der Waals surface area (Å²) in [4.78, 5) is 14.6. The first-order chi connectivity index (χ1) is 11.5. The second kappa shape index (κ2) is 5.67. The maximum Gasteiger partial charge on any atom is 0.227 e. The molecule has 124 valence electrons. The van der Waals surface area contributed by atoms with Gasteiger partial charge >= 0.3 is 0 Å². The average Bonchev–Trinajstić information content (AvgIpc) is 3.07. The Morgan fingerprint density at radius 2 is 2.12 bits per heavy atom. The molecule has 1 aliphatic heterocycles. The first-order valence-electron chi connectivity index (χ1n) is 8.00. The molecule has 4 rings (SSSR count). The Morgan fingerprint density at radius 1 is 1.29 bits per heavy atom. The lowest BCUT2D eigenvalue weighted by atomic mass is 10.1. The molecule has 0 saturated heterocycles. The van der Waals surface area contributed by atoms with E-state index in [9.17, 15) is 4.79 Å². The van der Waals surface area contributed by atoms with Crippen molar-refractivity contribution in [3.8, 4) is 0 Å². The molecule has 1 amide bonds. The highest BCUT2D eigenvalue weighted by molar-refractivity contribution is 6.31. The lowest BCUT2D eigenvalue weighted by Crippen LogP contribution is -2.38. The molecule has 3 heterocycles. The van der Waals surface area contributed by atoms with Gasteiger partial charge in [0.2, 0.25) is 5.91 Å². The minimum Gasteiger partial charge on any atom is -0.361 e. The molecule has 1 aromatic carbocycles. The molecule has 3 aromatic rings. The molecule has 0 saturated carbocycles. The quantitative estimate of drug-likeness (QED) is 0.715. The van der Waals surface area contributed by atoms with Crippen LogP contribution in [0.1, 0.15) is 22.7 Å². The van der Waals surface area contributed by atoms with Gasteiger partial charge in [0, 0.05) is 40.3 Å². The van der Waals surface area contributed by atoms with Crippen molar-refractivity contribution in [3.63, 3.8) is 0 Å². The largest absolute Gasteiger partial charge is 0.361 e.